The second-order valence-electron chi connectivity index (χ2n) is 4.50. The summed E-state index contributed by atoms with van der Waals surface area (Å²) in [7, 11) is 4.18. The molecule has 1 aromatic heterocycles. The van der Waals surface area contributed by atoms with Crippen molar-refractivity contribution < 1.29 is 0 Å². The number of aromatic nitrogens is 1. The van der Waals surface area contributed by atoms with Gasteiger partial charge in [0.2, 0.25) is 0 Å². The fraction of sp³-hybridized carbons (Fsp3) is 0.538. The highest BCUT2D eigenvalue weighted by atomic mass is 32.1. The van der Waals surface area contributed by atoms with Crippen LogP contribution in [0.2, 0.25) is 0 Å². The summed E-state index contributed by atoms with van der Waals surface area (Å²) in [4.78, 5) is 9.02. The van der Waals surface area contributed by atoms with Gasteiger partial charge in [0, 0.05) is 25.0 Å². The lowest BCUT2D eigenvalue weighted by Gasteiger charge is -2.24. The zero-order valence-electron chi connectivity index (χ0n) is 11.4. The Morgan fingerprint density at radius 3 is 2.67 bits per heavy atom. The summed E-state index contributed by atoms with van der Waals surface area (Å²) >= 11 is 4.96. The van der Waals surface area contributed by atoms with E-state index in [1.54, 1.807) is 6.20 Å². The number of rotatable bonds is 7. The highest BCUT2D eigenvalue weighted by Gasteiger charge is 2.06. The van der Waals surface area contributed by atoms with Gasteiger partial charge >= 0.3 is 0 Å². The summed E-state index contributed by atoms with van der Waals surface area (Å²) in [6, 6.07) is 3.96. The topological polar surface area (TPSA) is 45.4 Å². The van der Waals surface area contributed by atoms with Crippen LogP contribution in [0.15, 0.2) is 18.3 Å². The largest absolute Gasteiger partial charge is 0.388 e. The maximum atomic E-state index is 5.61. The molecular formula is C13H22N4S. The molecule has 0 aliphatic heterocycles. The summed E-state index contributed by atoms with van der Waals surface area (Å²) in [5, 5.41) is 0. The zero-order valence-corrected chi connectivity index (χ0v) is 12.2. The Kier molecular flexibility index (Phi) is 6.01. The summed E-state index contributed by atoms with van der Waals surface area (Å²) in [5.41, 5.74) is 7.43. The minimum absolute atomic E-state index is 0.348. The standard InChI is InChI=1S/C13H22N4S/c1-4-17(9-5-8-16(2)3)11-6-7-15-12(10-11)13(14)18/h6-7,10H,4-5,8-9H2,1-3H3,(H2,14,18). The smallest absolute Gasteiger partial charge is 0.122 e. The summed E-state index contributed by atoms with van der Waals surface area (Å²) < 4.78 is 0. The van der Waals surface area contributed by atoms with E-state index in [1.165, 1.54) is 0 Å². The Hall–Kier alpha value is -1.20. The molecule has 0 aromatic carbocycles. The molecule has 0 atom stereocenters. The van der Waals surface area contributed by atoms with Gasteiger partial charge in [-0.25, -0.2) is 0 Å². The van der Waals surface area contributed by atoms with Gasteiger partial charge in [-0.1, -0.05) is 12.2 Å². The predicted molar refractivity (Wildman–Crippen MR) is 81.2 cm³/mol. The van der Waals surface area contributed by atoms with Crippen LogP contribution in [0.3, 0.4) is 0 Å². The van der Waals surface area contributed by atoms with Crippen molar-refractivity contribution in [3.63, 3.8) is 0 Å². The van der Waals surface area contributed by atoms with Crippen molar-refractivity contribution >= 4 is 22.9 Å². The van der Waals surface area contributed by atoms with Crippen molar-refractivity contribution in [1.82, 2.24) is 9.88 Å². The minimum atomic E-state index is 0.348. The lowest BCUT2D eigenvalue weighted by Crippen LogP contribution is -2.27. The van der Waals surface area contributed by atoms with Crippen molar-refractivity contribution in [2.75, 3.05) is 38.6 Å². The van der Waals surface area contributed by atoms with Gasteiger partial charge in [0.15, 0.2) is 0 Å². The van der Waals surface area contributed by atoms with Crippen molar-refractivity contribution in [3.05, 3.63) is 24.0 Å². The molecule has 18 heavy (non-hydrogen) atoms. The Labute approximate surface area is 115 Å². The Balaban J connectivity index is 2.69. The van der Waals surface area contributed by atoms with Gasteiger partial charge in [0.05, 0.1) is 5.69 Å². The molecule has 0 amide bonds. The van der Waals surface area contributed by atoms with Gasteiger partial charge in [-0.05, 0) is 46.1 Å². The molecular weight excluding hydrogens is 244 g/mol. The molecule has 0 unspecified atom stereocenters. The van der Waals surface area contributed by atoms with Gasteiger partial charge in [-0.3, -0.25) is 4.98 Å². The van der Waals surface area contributed by atoms with E-state index >= 15 is 0 Å². The Bertz CT molecular complexity index is 392. The molecule has 0 radical (unpaired) electrons. The zero-order chi connectivity index (χ0) is 13.5. The van der Waals surface area contributed by atoms with Crippen LogP contribution >= 0.6 is 12.2 Å². The fourth-order valence-corrected chi connectivity index (χ4v) is 1.91. The van der Waals surface area contributed by atoms with Crippen molar-refractivity contribution in [2.24, 2.45) is 5.73 Å². The van der Waals surface area contributed by atoms with Crippen LogP contribution < -0.4 is 10.6 Å². The first kappa shape index (κ1) is 14.9. The highest BCUT2D eigenvalue weighted by Crippen LogP contribution is 2.14. The van der Waals surface area contributed by atoms with E-state index in [4.69, 9.17) is 18.0 Å². The summed E-state index contributed by atoms with van der Waals surface area (Å²) in [6.45, 7) is 5.23. The van der Waals surface area contributed by atoms with Crippen molar-refractivity contribution in [1.29, 1.82) is 0 Å². The number of anilines is 1. The monoisotopic (exact) mass is 266 g/mol. The molecule has 0 aliphatic rings. The molecule has 2 N–H and O–H groups in total. The van der Waals surface area contributed by atoms with Crippen LogP contribution in [0.1, 0.15) is 19.0 Å². The first-order valence-electron chi connectivity index (χ1n) is 6.20. The molecule has 0 saturated carbocycles. The quantitative estimate of drug-likeness (QED) is 0.758. The third kappa shape index (κ3) is 4.58. The fourth-order valence-electron chi connectivity index (χ4n) is 1.80. The molecule has 0 spiro atoms. The summed E-state index contributed by atoms with van der Waals surface area (Å²) in [6.07, 6.45) is 2.89. The molecule has 0 aliphatic carbocycles. The van der Waals surface area contributed by atoms with E-state index < -0.39 is 0 Å². The molecule has 1 aromatic rings. The third-order valence-corrected chi connectivity index (χ3v) is 2.99. The molecule has 4 nitrogen and oxygen atoms in total. The maximum absolute atomic E-state index is 5.61. The second kappa shape index (κ2) is 7.28. The van der Waals surface area contributed by atoms with Crippen LogP contribution in [0, 0.1) is 0 Å². The van der Waals surface area contributed by atoms with Gasteiger partial charge in [0.1, 0.15) is 4.99 Å². The second-order valence-corrected chi connectivity index (χ2v) is 4.94. The van der Waals surface area contributed by atoms with Crippen molar-refractivity contribution in [3.8, 4) is 0 Å². The Morgan fingerprint density at radius 1 is 1.39 bits per heavy atom. The van der Waals surface area contributed by atoms with E-state index in [-0.39, 0.29) is 0 Å². The number of thiocarbonyl (C=S) groups is 1. The lowest BCUT2D eigenvalue weighted by molar-refractivity contribution is 0.400. The SMILES string of the molecule is CCN(CCCN(C)C)c1ccnc(C(N)=S)c1. The number of hydrogen-bond donors (Lipinski definition) is 1. The third-order valence-electron chi connectivity index (χ3n) is 2.78. The number of hydrogen-bond acceptors (Lipinski definition) is 4. The average molecular weight is 266 g/mol. The first-order chi connectivity index (χ1) is 8.54. The van der Waals surface area contributed by atoms with E-state index in [9.17, 15) is 0 Å². The predicted octanol–water partition coefficient (Wildman–Crippen LogP) is 1.49. The molecule has 1 heterocycles. The van der Waals surface area contributed by atoms with E-state index in [1.807, 2.05) is 12.1 Å². The molecule has 100 valence electrons. The van der Waals surface area contributed by atoms with Crippen LogP contribution in [0.4, 0.5) is 5.69 Å². The van der Waals surface area contributed by atoms with E-state index in [0.717, 1.165) is 31.7 Å². The highest BCUT2D eigenvalue weighted by molar-refractivity contribution is 7.80. The van der Waals surface area contributed by atoms with Gasteiger partial charge < -0.3 is 15.5 Å². The lowest BCUT2D eigenvalue weighted by atomic mass is 10.2. The van der Waals surface area contributed by atoms with Crippen molar-refractivity contribution in [2.45, 2.75) is 13.3 Å². The molecule has 0 fully saturated rings. The van der Waals surface area contributed by atoms with Gasteiger partial charge in [-0.15, -0.1) is 0 Å². The van der Waals surface area contributed by atoms with Crippen LogP contribution in [-0.2, 0) is 0 Å². The molecule has 0 bridgehead atoms. The number of nitrogens with zero attached hydrogens (tertiary/aromatic N) is 3. The Morgan fingerprint density at radius 2 is 2.11 bits per heavy atom. The van der Waals surface area contributed by atoms with Crippen LogP contribution in [0.25, 0.3) is 0 Å². The number of pyridine rings is 1. The van der Waals surface area contributed by atoms with Gasteiger partial charge in [0.25, 0.3) is 0 Å². The summed E-state index contributed by atoms with van der Waals surface area (Å²) in [5.74, 6) is 0. The van der Waals surface area contributed by atoms with E-state index in [0.29, 0.717) is 10.7 Å². The molecule has 1 rings (SSSR count). The normalized spacial score (nSPS) is 10.7. The average Bonchev–Trinajstić information content (AvgIpc) is 2.34. The van der Waals surface area contributed by atoms with Gasteiger partial charge in [-0.2, -0.15) is 0 Å². The first-order valence-corrected chi connectivity index (χ1v) is 6.61. The molecule has 5 heteroatoms. The van der Waals surface area contributed by atoms with Crippen LogP contribution in [0.5, 0.6) is 0 Å². The van der Waals surface area contributed by atoms with E-state index in [2.05, 4.69) is 35.8 Å². The van der Waals surface area contributed by atoms with Crippen LogP contribution in [-0.4, -0.2) is 48.6 Å². The minimum Gasteiger partial charge on any atom is -0.388 e. The number of nitrogens with two attached hydrogens (primary N) is 1. The maximum Gasteiger partial charge on any atom is 0.122 e. The molecule has 0 saturated heterocycles.